The molecule has 0 saturated heterocycles. The maximum absolute atomic E-state index is 5.17. The molecular formula is C14H26N4O2. The van der Waals surface area contributed by atoms with E-state index < -0.39 is 0 Å². The van der Waals surface area contributed by atoms with Gasteiger partial charge in [-0.05, 0) is 26.1 Å². The first-order chi connectivity index (χ1) is 9.73. The molecule has 114 valence electrons. The fourth-order valence-corrected chi connectivity index (χ4v) is 1.92. The summed E-state index contributed by atoms with van der Waals surface area (Å²) in [6, 6.07) is 1.80. The fourth-order valence-electron chi connectivity index (χ4n) is 1.92. The van der Waals surface area contributed by atoms with E-state index >= 15 is 0 Å². The van der Waals surface area contributed by atoms with Crippen LogP contribution in [0.5, 0.6) is 5.88 Å². The Morgan fingerprint density at radius 3 is 2.55 bits per heavy atom. The molecule has 0 aliphatic carbocycles. The normalized spacial score (nSPS) is 10.8. The van der Waals surface area contributed by atoms with E-state index in [0.717, 1.165) is 38.4 Å². The number of ether oxygens (including phenoxy) is 2. The number of aromatic nitrogens is 2. The van der Waals surface area contributed by atoms with E-state index in [1.165, 1.54) is 0 Å². The third kappa shape index (κ3) is 5.71. The summed E-state index contributed by atoms with van der Waals surface area (Å²) in [6.45, 7) is 8.90. The number of hydrogen-bond acceptors (Lipinski definition) is 6. The number of methoxy groups -OCH3 is 2. The largest absolute Gasteiger partial charge is 0.481 e. The Morgan fingerprint density at radius 1 is 1.20 bits per heavy atom. The fraction of sp³-hybridized carbons (Fsp3) is 0.714. The molecule has 0 atom stereocenters. The molecule has 0 aliphatic rings. The minimum absolute atomic E-state index is 0.380. The number of hydrogen-bond donors (Lipinski definition) is 1. The van der Waals surface area contributed by atoms with Crippen molar-refractivity contribution in [3.63, 3.8) is 0 Å². The lowest BCUT2D eigenvalue weighted by Gasteiger charge is -2.17. The van der Waals surface area contributed by atoms with Crippen molar-refractivity contribution in [3.05, 3.63) is 11.9 Å². The Hall–Kier alpha value is -1.40. The SMILES string of the molecule is CCN(CC)CCCNc1cc(OC)nc(COC)n1. The number of nitrogens with zero attached hydrogens (tertiary/aromatic N) is 3. The zero-order valence-electron chi connectivity index (χ0n) is 13.0. The van der Waals surface area contributed by atoms with Crippen LogP contribution < -0.4 is 10.1 Å². The van der Waals surface area contributed by atoms with Gasteiger partial charge < -0.3 is 19.7 Å². The van der Waals surface area contributed by atoms with Gasteiger partial charge in [0.1, 0.15) is 12.4 Å². The van der Waals surface area contributed by atoms with Crippen molar-refractivity contribution < 1.29 is 9.47 Å². The van der Waals surface area contributed by atoms with Crippen LogP contribution in [0.2, 0.25) is 0 Å². The second-order valence-corrected chi connectivity index (χ2v) is 4.45. The van der Waals surface area contributed by atoms with Gasteiger partial charge in [0, 0.05) is 19.7 Å². The quantitative estimate of drug-likeness (QED) is 0.660. The molecule has 1 rings (SSSR count). The molecule has 0 aromatic carbocycles. The average molecular weight is 282 g/mol. The van der Waals surface area contributed by atoms with Gasteiger partial charge in [0.15, 0.2) is 5.82 Å². The molecule has 0 amide bonds. The number of nitrogens with one attached hydrogen (secondary N) is 1. The second kappa shape index (κ2) is 9.50. The van der Waals surface area contributed by atoms with Gasteiger partial charge in [0.25, 0.3) is 0 Å². The van der Waals surface area contributed by atoms with Crippen molar-refractivity contribution in [2.24, 2.45) is 0 Å². The van der Waals surface area contributed by atoms with Crippen molar-refractivity contribution in [2.45, 2.75) is 26.9 Å². The van der Waals surface area contributed by atoms with Crippen molar-refractivity contribution in [1.29, 1.82) is 0 Å². The Bertz CT molecular complexity index is 383. The minimum Gasteiger partial charge on any atom is -0.481 e. The predicted octanol–water partition coefficient (Wildman–Crippen LogP) is 1.78. The van der Waals surface area contributed by atoms with Crippen LogP contribution in [-0.2, 0) is 11.3 Å². The van der Waals surface area contributed by atoms with Crippen LogP contribution in [0, 0.1) is 0 Å². The first kappa shape index (κ1) is 16.7. The summed E-state index contributed by atoms with van der Waals surface area (Å²) >= 11 is 0. The lowest BCUT2D eigenvalue weighted by atomic mass is 10.3. The molecule has 1 heterocycles. The summed E-state index contributed by atoms with van der Waals surface area (Å²) in [4.78, 5) is 11.0. The molecule has 0 radical (unpaired) electrons. The smallest absolute Gasteiger partial charge is 0.218 e. The van der Waals surface area contributed by atoms with E-state index in [1.54, 1.807) is 20.3 Å². The van der Waals surface area contributed by atoms with Gasteiger partial charge >= 0.3 is 0 Å². The first-order valence-electron chi connectivity index (χ1n) is 7.10. The van der Waals surface area contributed by atoms with Crippen molar-refractivity contribution >= 4 is 5.82 Å². The zero-order chi connectivity index (χ0) is 14.8. The van der Waals surface area contributed by atoms with Crippen LogP contribution in [0.4, 0.5) is 5.82 Å². The third-order valence-electron chi connectivity index (χ3n) is 3.08. The molecule has 6 heteroatoms. The Balaban J connectivity index is 2.48. The van der Waals surface area contributed by atoms with Gasteiger partial charge in [0.2, 0.25) is 5.88 Å². The first-order valence-corrected chi connectivity index (χ1v) is 7.10. The molecule has 0 spiro atoms. The van der Waals surface area contributed by atoms with E-state index in [2.05, 4.69) is 34.0 Å². The van der Waals surface area contributed by atoms with Crippen LogP contribution >= 0.6 is 0 Å². The van der Waals surface area contributed by atoms with Gasteiger partial charge in [-0.2, -0.15) is 4.98 Å². The standard InChI is InChI=1S/C14H26N4O2/c1-5-18(6-2)9-7-8-15-12-10-14(20-4)17-13(16-12)11-19-3/h10H,5-9,11H2,1-4H3,(H,15,16,17). The maximum atomic E-state index is 5.17. The highest BCUT2D eigenvalue weighted by atomic mass is 16.5. The van der Waals surface area contributed by atoms with Crippen LogP contribution in [0.25, 0.3) is 0 Å². The van der Waals surface area contributed by atoms with E-state index in [-0.39, 0.29) is 0 Å². The monoisotopic (exact) mass is 282 g/mol. The minimum atomic E-state index is 0.380. The van der Waals surface area contributed by atoms with E-state index in [4.69, 9.17) is 9.47 Å². The van der Waals surface area contributed by atoms with E-state index in [9.17, 15) is 0 Å². The van der Waals surface area contributed by atoms with Gasteiger partial charge in [-0.1, -0.05) is 13.8 Å². The molecule has 1 aromatic rings. The number of rotatable bonds is 10. The van der Waals surface area contributed by atoms with Crippen LogP contribution in [0.3, 0.4) is 0 Å². The van der Waals surface area contributed by atoms with Crippen LogP contribution in [-0.4, -0.2) is 55.3 Å². The van der Waals surface area contributed by atoms with Crippen LogP contribution in [0.1, 0.15) is 26.1 Å². The summed E-state index contributed by atoms with van der Waals surface area (Å²) in [7, 11) is 3.23. The Kier molecular flexibility index (Phi) is 7.91. The average Bonchev–Trinajstić information content (AvgIpc) is 2.47. The summed E-state index contributed by atoms with van der Waals surface area (Å²) < 4.78 is 10.2. The molecular weight excluding hydrogens is 256 g/mol. The van der Waals surface area contributed by atoms with E-state index in [0.29, 0.717) is 18.3 Å². The topological polar surface area (TPSA) is 59.5 Å². The molecule has 20 heavy (non-hydrogen) atoms. The summed E-state index contributed by atoms with van der Waals surface area (Å²) in [6.07, 6.45) is 1.08. The predicted molar refractivity (Wildman–Crippen MR) is 80.2 cm³/mol. The number of anilines is 1. The lowest BCUT2D eigenvalue weighted by molar-refractivity contribution is 0.177. The van der Waals surface area contributed by atoms with Gasteiger partial charge in [-0.25, -0.2) is 4.98 Å². The van der Waals surface area contributed by atoms with E-state index in [1.807, 2.05) is 0 Å². The van der Waals surface area contributed by atoms with Crippen molar-refractivity contribution in [3.8, 4) is 5.88 Å². The second-order valence-electron chi connectivity index (χ2n) is 4.45. The summed E-state index contributed by atoms with van der Waals surface area (Å²) in [5.41, 5.74) is 0. The molecule has 6 nitrogen and oxygen atoms in total. The highest BCUT2D eigenvalue weighted by molar-refractivity contribution is 5.38. The zero-order valence-corrected chi connectivity index (χ0v) is 13.0. The molecule has 1 aromatic heterocycles. The Labute approximate surface area is 121 Å². The Morgan fingerprint density at radius 2 is 1.95 bits per heavy atom. The van der Waals surface area contributed by atoms with Crippen molar-refractivity contribution in [1.82, 2.24) is 14.9 Å². The van der Waals surface area contributed by atoms with Gasteiger partial charge in [0.05, 0.1) is 7.11 Å². The molecule has 0 bridgehead atoms. The lowest BCUT2D eigenvalue weighted by Crippen LogP contribution is -2.25. The molecule has 1 N–H and O–H groups in total. The molecule has 0 unspecified atom stereocenters. The highest BCUT2D eigenvalue weighted by Crippen LogP contribution is 2.13. The molecule has 0 fully saturated rings. The summed E-state index contributed by atoms with van der Waals surface area (Å²) in [5, 5.41) is 3.31. The third-order valence-corrected chi connectivity index (χ3v) is 3.08. The summed E-state index contributed by atoms with van der Waals surface area (Å²) in [5.74, 6) is 1.96. The van der Waals surface area contributed by atoms with Crippen molar-refractivity contribution in [2.75, 3.05) is 45.7 Å². The molecule has 0 saturated carbocycles. The van der Waals surface area contributed by atoms with Gasteiger partial charge in [-0.15, -0.1) is 0 Å². The molecule has 0 aliphatic heterocycles. The van der Waals surface area contributed by atoms with Gasteiger partial charge in [-0.3, -0.25) is 0 Å². The highest BCUT2D eigenvalue weighted by Gasteiger charge is 2.05. The van der Waals surface area contributed by atoms with Crippen LogP contribution in [0.15, 0.2) is 6.07 Å². The maximum Gasteiger partial charge on any atom is 0.218 e.